The molecular weight excluding hydrogens is 386 g/mol. The standard InChI is InChI=1S/C19H20BrNO4/c1-19-7-6-15(20)12-16(19)25-9-8-21(19)18(23)14-5-3-4-13(10-14)11-17(22)24-2/h3-6,10,12H,7-9,11H2,1-2H3. The number of carbonyl (C=O) groups excluding carboxylic acids is 2. The SMILES string of the molecule is COC(=O)Cc1cccc(C(=O)N2CCOC3=CC(Br)=CCC32C)c1. The number of morpholine rings is 1. The zero-order chi connectivity index (χ0) is 18.0. The van der Waals surface area contributed by atoms with Crippen LogP contribution < -0.4 is 0 Å². The molecule has 0 spiro atoms. The number of halogens is 1. The Kier molecular flexibility index (Phi) is 4.99. The molecule has 25 heavy (non-hydrogen) atoms. The number of methoxy groups -OCH3 is 1. The van der Waals surface area contributed by atoms with Gasteiger partial charge in [0.05, 0.1) is 20.1 Å². The lowest BCUT2D eigenvalue weighted by atomic mass is 9.87. The number of allylic oxidation sites excluding steroid dienone is 2. The Morgan fingerprint density at radius 3 is 2.96 bits per heavy atom. The minimum absolute atomic E-state index is 0.0603. The van der Waals surface area contributed by atoms with Crippen LogP contribution in [0, 0.1) is 0 Å². The van der Waals surface area contributed by atoms with Crippen LogP contribution in [-0.2, 0) is 20.7 Å². The smallest absolute Gasteiger partial charge is 0.309 e. The second-order valence-electron chi connectivity index (χ2n) is 6.33. The van der Waals surface area contributed by atoms with Gasteiger partial charge in [0.25, 0.3) is 5.91 Å². The fourth-order valence-electron chi connectivity index (χ4n) is 3.21. The highest BCUT2D eigenvalue weighted by Gasteiger charge is 2.43. The molecule has 0 radical (unpaired) electrons. The van der Waals surface area contributed by atoms with Gasteiger partial charge in [-0.3, -0.25) is 9.59 Å². The second-order valence-corrected chi connectivity index (χ2v) is 7.25. The molecule has 3 rings (SSSR count). The van der Waals surface area contributed by atoms with Crippen molar-refractivity contribution < 1.29 is 19.1 Å². The number of nitrogens with zero attached hydrogens (tertiary/aromatic N) is 1. The topological polar surface area (TPSA) is 55.8 Å². The van der Waals surface area contributed by atoms with Crippen LogP contribution in [0.5, 0.6) is 0 Å². The van der Waals surface area contributed by atoms with Crippen LogP contribution >= 0.6 is 15.9 Å². The molecule has 6 heteroatoms. The van der Waals surface area contributed by atoms with Crippen LogP contribution in [0.25, 0.3) is 0 Å². The van der Waals surface area contributed by atoms with Crippen LogP contribution in [0.4, 0.5) is 0 Å². The van der Waals surface area contributed by atoms with E-state index < -0.39 is 5.54 Å². The molecule has 0 aromatic heterocycles. The van der Waals surface area contributed by atoms with Crippen molar-refractivity contribution in [2.75, 3.05) is 20.3 Å². The van der Waals surface area contributed by atoms with Crippen molar-refractivity contribution in [3.8, 4) is 0 Å². The summed E-state index contributed by atoms with van der Waals surface area (Å²) >= 11 is 3.47. The van der Waals surface area contributed by atoms with Gasteiger partial charge in [-0.1, -0.05) is 34.1 Å². The minimum atomic E-state index is -0.495. The molecule has 1 heterocycles. The number of ether oxygens (including phenoxy) is 2. The third-order valence-electron chi connectivity index (χ3n) is 4.66. The Hall–Kier alpha value is -2.08. The highest BCUT2D eigenvalue weighted by molar-refractivity contribution is 9.11. The Bertz CT molecular complexity index is 770. The summed E-state index contributed by atoms with van der Waals surface area (Å²) < 4.78 is 11.5. The Morgan fingerprint density at radius 1 is 1.40 bits per heavy atom. The van der Waals surface area contributed by atoms with Gasteiger partial charge >= 0.3 is 5.97 Å². The van der Waals surface area contributed by atoms with Crippen molar-refractivity contribution in [2.45, 2.75) is 25.3 Å². The van der Waals surface area contributed by atoms with Gasteiger partial charge in [-0.05, 0) is 37.1 Å². The maximum atomic E-state index is 13.1. The molecule has 1 unspecified atom stereocenters. The van der Waals surface area contributed by atoms with Crippen molar-refractivity contribution >= 4 is 27.8 Å². The van der Waals surface area contributed by atoms with Gasteiger partial charge < -0.3 is 14.4 Å². The molecule has 132 valence electrons. The first-order valence-corrected chi connectivity index (χ1v) is 8.92. The molecular formula is C19H20BrNO4. The largest absolute Gasteiger partial charge is 0.494 e. The summed E-state index contributed by atoms with van der Waals surface area (Å²) in [5, 5.41) is 0. The van der Waals surface area contributed by atoms with Gasteiger partial charge in [-0.15, -0.1) is 0 Å². The summed E-state index contributed by atoms with van der Waals surface area (Å²) in [6.07, 6.45) is 4.81. The van der Waals surface area contributed by atoms with Crippen LogP contribution in [0.1, 0.15) is 29.3 Å². The van der Waals surface area contributed by atoms with E-state index in [0.717, 1.165) is 15.8 Å². The van der Waals surface area contributed by atoms with Gasteiger partial charge in [0.15, 0.2) is 0 Å². The molecule has 1 saturated heterocycles. The molecule has 1 aliphatic heterocycles. The number of carbonyl (C=O) groups is 2. The third kappa shape index (κ3) is 3.49. The average Bonchev–Trinajstić information content (AvgIpc) is 2.61. The number of amides is 1. The molecule has 0 saturated carbocycles. The molecule has 0 bridgehead atoms. The average molecular weight is 406 g/mol. The molecule has 1 aromatic carbocycles. The van der Waals surface area contributed by atoms with E-state index in [-0.39, 0.29) is 18.3 Å². The third-order valence-corrected chi connectivity index (χ3v) is 5.21. The lowest BCUT2D eigenvalue weighted by Gasteiger charge is -2.47. The van der Waals surface area contributed by atoms with Gasteiger partial charge in [0.1, 0.15) is 17.9 Å². The van der Waals surface area contributed by atoms with E-state index in [4.69, 9.17) is 9.47 Å². The number of hydrogen-bond donors (Lipinski definition) is 0. The summed E-state index contributed by atoms with van der Waals surface area (Å²) in [4.78, 5) is 26.5. The second kappa shape index (κ2) is 7.04. The van der Waals surface area contributed by atoms with Gasteiger partial charge in [0, 0.05) is 10.0 Å². The predicted octanol–water partition coefficient (Wildman–Crippen LogP) is 3.20. The van der Waals surface area contributed by atoms with Crippen LogP contribution in [0.3, 0.4) is 0 Å². The molecule has 0 N–H and O–H groups in total. The Balaban J connectivity index is 1.87. The van der Waals surface area contributed by atoms with Crippen molar-refractivity contribution in [1.82, 2.24) is 4.90 Å². The van der Waals surface area contributed by atoms with E-state index in [1.54, 1.807) is 18.2 Å². The van der Waals surface area contributed by atoms with Gasteiger partial charge in [0.2, 0.25) is 0 Å². The highest BCUT2D eigenvalue weighted by atomic mass is 79.9. The van der Waals surface area contributed by atoms with E-state index in [1.165, 1.54) is 7.11 Å². The van der Waals surface area contributed by atoms with E-state index in [0.29, 0.717) is 25.1 Å². The number of benzene rings is 1. The van der Waals surface area contributed by atoms with Crippen LogP contribution in [0.2, 0.25) is 0 Å². The normalized spacial score (nSPS) is 22.3. The number of hydrogen-bond acceptors (Lipinski definition) is 4. The monoisotopic (exact) mass is 405 g/mol. The van der Waals surface area contributed by atoms with Crippen molar-refractivity contribution in [2.24, 2.45) is 0 Å². The minimum Gasteiger partial charge on any atom is -0.494 e. The fraction of sp³-hybridized carbons (Fsp3) is 0.368. The lowest BCUT2D eigenvalue weighted by molar-refractivity contribution is -0.139. The summed E-state index contributed by atoms with van der Waals surface area (Å²) in [6, 6.07) is 7.15. The number of fused-ring (bicyclic) bond motifs is 1. The van der Waals surface area contributed by atoms with Crippen molar-refractivity contribution in [3.63, 3.8) is 0 Å². The van der Waals surface area contributed by atoms with E-state index in [1.807, 2.05) is 30.0 Å². The van der Waals surface area contributed by atoms with E-state index in [2.05, 4.69) is 15.9 Å². The summed E-state index contributed by atoms with van der Waals surface area (Å²) in [6.45, 7) is 3.01. The maximum Gasteiger partial charge on any atom is 0.309 e. The molecule has 5 nitrogen and oxygen atoms in total. The lowest BCUT2D eigenvalue weighted by Crippen LogP contribution is -2.56. The molecule has 1 aliphatic carbocycles. The Morgan fingerprint density at radius 2 is 2.20 bits per heavy atom. The predicted molar refractivity (Wildman–Crippen MR) is 97.3 cm³/mol. The molecule has 1 atom stereocenters. The van der Waals surface area contributed by atoms with E-state index >= 15 is 0 Å². The highest BCUT2D eigenvalue weighted by Crippen LogP contribution is 2.39. The zero-order valence-corrected chi connectivity index (χ0v) is 15.8. The first kappa shape index (κ1) is 17.7. The van der Waals surface area contributed by atoms with Crippen molar-refractivity contribution in [1.29, 1.82) is 0 Å². The summed E-state index contributed by atoms with van der Waals surface area (Å²) in [7, 11) is 1.36. The summed E-state index contributed by atoms with van der Waals surface area (Å²) in [5.74, 6) is 0.414. The number of esters is 1. The quantitative estimate of drug-likeness (QED) is 0.724. The maximum absolute atomic E-state index is 13.1. The molecule has 2 aliphatic rings. The molecule has 1 amide bonds. The number of rotatable bonds is 3. The molecule has 1 aromatic rings. The van der Waals surface area contributed by atoms with Crippen molar-refractivity contribution in [3.05, 3.63) is 57.8 Å². The fourth-order valence-corrected chi connectivity index (χ4v) is 3.57. The Labute approximate surface area is 155 Å². The first-order valence-electron chi connectivity index (χ1n) is 8.12. The van der Waals surface area contributed by atoms with Gasteiger partial charge in [-0.25, -0.2) is 0 Å². The van der Waals surface area contributed by atoms with Crippen LogP contribution in [0.15, 0.2) is 46.7 Å². The molecule has 1 fully saturated rings. The first-order chi connectivity index (χ1) is 11.9. The van der Waals surface area contributed by atoms with E-state index in [9.17, 15) is 9.59 Å². The van der Waals surface area contributed by atoms with Gasteiger partial charge in [-0.2, -0.15) is 0 Å². The summed E-state index contributed by atoms with van der Waals surface area (Å²) in [5.41, 5.74) is 0.834. The zero-order valence-electron chi connectivity index (χ0n) is 14.3. The van der Waals surface area contributed by atoms with Crippen LogP contribution in [-0.4, -0.2) is 42.6 Å².